The summed E-state index contributed by atoms with van der Waals surface area (Å²) in [5, 5.41) is 14.8. The van der Waals surface area contributed by atoms with E-state index >= 15 is 0 Å². The first-order chi connectivity index (χ1) is 16.2. The van der Waals surface area contributed by atoms with E-state index < -0.39 is 64.3 Å². The Balaban J connectivity index is 2.17. The first kappa shape index (κ1) is 25.4. The molecule has 0 aliphatic carbocycles. The van der Waals surface area contributed by atoms with Gasteiger partial charge in [-0.2, -0.15) is 17.9 Å². The fourth-order valence-corrected chi connectivity index (χ4v) is 2.99. The summed E-state index contributed by atoms with van der Waals surface area (Å²) in [4.78, 5) is 36.4. The summed E-state index contributed by atoms with van der Waals surface area (Å²) in [6.45, 7) is 2.08. The van der Waals surface area contributed by atoms with Crippen LogP contribution in [0.3, 0.4) is 0 Å². The third-order valence-corrected chi connectivity index (χ3v) is 4.92. The Labute approximate surface area is 193 Å². The van der Waals surface area contributed by atoms with Crippen LogP contribution >= 0.6 is 0 Å². The summed E-state index contributed by atoms with van der Waals surface area (Å²) in [6, 6.07) is 4.92. The van der Waals surface area contributed by atoms with Crippen LogP contribution < -0.4 is 15.7 Å². The minimum absolute atomic E-state index is 0.280. The summed E-state index contributed by atoms with van der Waals surface area (Å²) in [5.41, 5.74) is -2.66. The molecule has 1 aromatic heterocycles. The molecular formula is C21H17F5N4O5. The van der Waals surface area contributed by atoms with Gasteiger partial charge in [0.15, 0.2) is 6.10 Å². The fourth-order valence-electron chi connectivity index (χ4n) is 2.99. The Morgan fingerprint density at radius 2 is 1.83 bits per heavy atom. The summed E-state index contributed by atoms with van der Waals surface area (Å²) < 4.78 is 74.3. The van der Waals surface area contributed by atoms with Crippen LogP contribution in [0.4, 0.5) is 27.6 Å². The Morgan fingerprint density at radius 1 is 1.17 bits per heavy atom. The number of aromatic carboxylic acids is 1. The molecule has 14 heteroatoms. The first-order valence-electron chi connectivity index (χ1n) is 9.75. The number of para-hydroxylation sites is 1. The highest BCUT2D eigenvalue weighted by Gasteiger charge is 2.39. The number of carboxylic acids is 1. The Kier molecular flexibility index (Phi) is 6.67. The normalized spacial score (nSPS) is 12.3. The lowest BCUT2D eigenvalue weighted by atomic mass is 10.1. The predicted octanol–water partition coefficient (Wildman–Crippen LogP) is 3.44. The lowest BCUT2D eigenvalue weighted by Gasteiger charge is -2.20. The van der Waals surface area contributed by atoms with Gasteiger partial charge in [0.2, 0.25) is 5.82 Å². The molecule has 0 aliphatic rings. The second kappa shape index (κ2) is 9.19. The zero-order valence-electron chi connectivity index (χ0n) is 18.3. The highest BCUT2D eigenvalue weighted by atomic mass is 19.4. The van der Waals surface area contributed by atoms with Gasteiger partial charge in [0.25, 0.3) is 5.91 Å². The number of ether oxygens (including phenoxy) is 1. The molecule has 2 N–H and O–H groups in total. The van der Waals surface area contributed by atoms with Gasteiger partial charge in [0.1, 0.15) is 23.1 Å². The first-order valence-corrected chi connectivity index (χ1v) is 9.75. The van der Waals surface area contributed by atoms with Gasteiger partial charge in [-0.1, -0.05) is 12.1 Å². The quantitative estimate of drug-likeness (QED) is 0.501. The fraction of sp³-hybridized carbons (Fsp3) is 0.238. The molecule has 1 heterocycles. The smallest absolute Gasteiger partial charge is 0.425 e. The molecule has 35 heavy (non-hydrogen) atoms. The number of rotatable bonds is 6. The molecular weight excluding hydrogens is 483 g/mol. The Morgan fingerprint density at radius 3 is 2.37 bits per heavy atom. The van der Waals surface area contributed by atoms with E-state index in [2.05, 4.69) is 10.4 Å². The third kappa shape index (κ3) is 5.00. The van der Waals surface area contributed by atoms with Crippen molar-refractivity contribution in [2.45, 2.75) is 26.1 Å². The number of carbonyl (C=O) groups excluding carboxylic acids is 1. The summed E-state index contributed by atoms with van der Waals surface area (Å²) >= 11 is 0. The van der Waals surface area contributed by atoms with E-state index in [0.717, 1.165) is 13.1 Å². The number of carbonyl (C=O) groups is 2. The van der Waals surface area contributed by atoms with Crippen LogP contribution in [0.15, 0.2) is 35.1 Å². The molecule has 0 spiro atoms. The number of aromatic nitrogens is 3. The van der Waals surface area contributed by atoms with Crippen molar-refractivity contribution in [1.82, 2.24) is 14.3 Å². The monoisotopic (exact) mass is 500 g/mol. The third-order valence-electron chi connectivity index (χ3n) is 4.92. The molecule has 0 aliphatic heterocycles. The minimum Gasteiger partial charge on any atom is -0.480 e. The average Bonchev–Trinajstić information content (AvgIpc) is 3.05. The lowest BCUT2D eigenvalue weighted by molar-refractivity contribution is -0.189. The molecule has 1 atom stereocenters. The van der Waals surface area contributed by atoms with Crippen LogP contribution in [-0.2, 0) is 7.05 Å². The summed E-state index contributed by atoms with van der Waals surface area (Å²) in [5.74, 6) is -6.58. The zero-order chi connectivity index (χ0) is 26.2. The molecule has 186 valence electrons. The highest BCUT2D eigenvalue weighted by molar-refractivity contribution is 6.06. The van der Waals surface area contributed by atoms with E-state index in [9.17, 15) is 36.3 Å². The topological polar surface area (TPSA) is 115 Å². The molecule has 0 saturated carbocycles. The molecule has 3 aromatic rings. The number of hydrogen-bond acceptors (Lipinski definition) is 5. The zero-order valence-corrected chi connectivity index (χ0v) is 18.3. The molecule has 9 nitrogen and oxygen atoms in total. The molecule has 0 saturated heterocycles. The van der Waals surface area contributed by atoms with Gasteiger partial charge in [-0.25, -0.2) is 18.4 Å². The van der Waals surface area contributed by atoms with Gasteiger partial charge in [0, 0.05) is 13.1 Å². The van der Waals surface area contributed by atoms with Crippen LogP contribution in [0.1, 0.15) is 33.5 Å². The number of nitrogens with zero attached hydrogens (tertiary/aromatic N) is 3. The molecule has 3 rings (SSSR count). The van der Waals surface area contributed by atoms with Crippen molar-refractivity contribution in [2.24, 2.45) is 7.05 Å². The molecule has 0 fully saturated rings. The van der Waals surface area contributed by atoms with Crippen molar-refractivity contribution in [1.29, 1.82) is 0 Å². The number of carboxylic acid groups (broad SMARTS) is 1. The number of hydrogen-bond donors (Lipinski definition) is 2. The van der Waals surface area contributed by atoms with Crippen molar-refractivity contribution in [3.8, 4) is 11.4 Å². The standard InChI is InChI=1S/C21H17F5N4O5/c1-9-5-4-6-12(22)16(9)27-18(31)11-7-13(23)14(8-15(11)35-10(2)21(24,25)26)30-20(34)29(3)17(28-30)19(32)33/h4-8,10H,1-3H3,(H,27,31)(H,32,33). The van der Waals surface area contributed by atoms with Gasteiger partial charge in [-0.05, 0) is 31.5 Å². The number of alkyl halides is 3. The maximum atomic E-state index is 15.0. The largest absolute Gasteiger partial charge is 0.480 e. The maximum absolute atomic E-state index is 15.0. The van der Waals surface area contributed by atoms with Crippen molar-refractivity contribution in [3.63, 3.8) is 0 Å². The van der Waals surface area contributed by atoms with Gasteiger partial charge in [-0.15, -0.1) is 5.10 Å². The molecule has 0 radical (unpaired) electrons. The van der Waals surface area contributed by atoms with Gasteiger partial charge in [0.05, 0.1) is 11.3 Å². The Hall–Kier alpha value is -4.23. The predicted molar refractivity (Wildman–Crippen MR) is 111 cm³/mol. The van der Waals surface area contributed by atoms with Gasteiger partial charge >= 0.3 is 17.8 Å². The molecule has 1 unspecified atom stereocenters. The minimum atomic E-state index is -4.89. The SMILES string of the molecule is Cc1cccc(F)c1NC(=O)c1cc(F)c(-n2nc(C(=O)O)n(C)c2=O)cc1OC(C)C(F)(F)F. The number of benzene rings is 2. The van der Waals surface area contributed by atoms with Crippen LogP contribution in [0, 0.1) is 18.6 Å². The van der Waals surface area contributed by atoms with E-state index in [4.69, 9.17) is 9.84 Å². The average molecular weight is 500 g/mol. The van der Waals surface area contributed by atoms with Crippen LogP contribution in [-0.4, -0.2) is 43.6 Å². The number of amides is 1. The second-order valence-corrected chi connectivity index (χ2v) is 7.37. The van der Waals surface area contributed by atoms with Crippen LogP contribution in [0.25, 0.3) is 5.69 Å². The summed E-state index contributed by atoms with van der Waals surface area (Å²) in [6.07, 6.45) is -7.36. The highest BCUT2D eigenvalue weighted by Crippen LogP contribution is 2.31. The van der Waals surface area contributed by atoms with Crippen LogP contribution in [0.2, 0.25) is 0 Å². The number of nitrogens with one attached hydrogen (secondary N) is 1. The molecule has 0 bridgehead atoms. The molecule has 2 aromatic carbocycles. The van der Waals surface area contributed by atoms with E-state index in [-0.39, 0.29) is 11.3 Å². The van der Waals surface area contributed by atoms with Crippen molar-refractivity contribution in [2.75, 3.05) is 5.32 Å². The van der Waals surface area contributed by atoms with Crippen molar-refractivity contribution < 1.29 is 41.4 Å². The lowest BCUT2D eigenvalue weighted by Crippen LogP contribution is -2.32. The number of anilines is 1. The van der Waals surface area contributed by atoms with Crippen LogP contribution in [0.5, 0.6) is 5.75 Å². The number of halogens is 5. The van der Waals surface area contributed by atoms with E-state index in [1.165, 1.54) is 19.1 Å². The summed E-state index contributed by atoms with van der Waals surface area (Å²) in [7, 11) is 1.04. The van der Waals surface area contributed by atoms with Gasteiger partial charge < -0.3 is 15.2 Å². The molecule has 1 amide bonds. The van der Waals surface area contributed by atoms with E-state index in [0.29, 0.717) is 28.3 Å². The van der Waals surface area contributed by atoms with Crippen molar-refractivity contribution in [3.05, 3.63) is 69.4 Å². The maximum Gasteiger partial charge on any atom is 0.425 e. The van der Waals surface area contributed by atoms with E-state index in [1.807, 2.05) is 0 Å². The van der Waals surface area contributed by atoms with E-state index in [1.54, 1.807) is 0 Å². The van der Waals surface area contributed by atoms with Gasteiger partial charge in [-0.3, -0.25) is 9.36 Å². The Bertz CT molecular complexity index is 1360. The van der Waals surface area contributed by atoms with Crippen molar-refractivity contribution >= 4 is 17.6 Å². The number of aryl methyl sites for hydroxylation is 1. The second-order valence-electron chi connectivity index (χ2n) is 7.37.